The van der Waals surface area contributed by atoms with Crippen LogP contribution in [-0.4, -0.2) is 39.0 Å². The molecule has 25 heavy (non-hydrogen) atoms. The molecule has 8 nitrogen and oxygen atoms in total. The van der Waals surface area contributed by atoms with E-state index in [-0.39, 0.29) is 17.8 Å². The summed E-state index contributed by atoms with van der Waals surface area (Å²) < 4.78 is 5.41. The van der Waals surface area contributed by atoms with E-state index in [1.165, 1.54) is 13.3 Å². The summed E-state index contributed by atoms with van der Waals surface area (Å²) in [5.41, 5.74) is 6.21. The third-order valence-electron chi connectivity index (χ3n) is 3.60. The first-order valence-electron chi connectivity index (χ1n) is 7.46. The molecule has 1 amide bonds. The summed E-state index contributed by atoms with van der Waals surface area (Å²) in [6, 6.07) is 3.63. The van der Waals surface area contributed by atoms with Crippen LogP contribution in [0, 0.1) is 0 Å². The van der Waals surface area contributed by atoms with Crippen molar-refractivity contribution in [2.24, 2.45) is 5.73 Å². The zero-order chi connectivity index (χ0) is 18.4. The largest absolute Gasteiger partial charge is 0.481 e. The SMILES string of the molecule is COc1cc(CCCC(C(=O)O)c2nc(Br)cnc2C(N)=O)ccn1. The second-order valence-corrected chi connectivity index (χ2v) is 6.09. The highest BCUT2D eigenvalue weighted by Crippen LogP contribution is 2.25. The Morgan fingerprint density at radius 1 is 1.40 bits per heavy atom. The van der Waals surface area contributed by atoms with E-state index in [9.17, 15) is 14.7 Å². The molecule has 9 heteroatoms. The van der Waals surface area contributed by atoms with Gasteiger partial charge in [0.25, 0.3) is 5.91 Å². The van der Waals surface area contributed by atoms with Crippen molar-refractivity contribution < 1.29 is 19.4 Å². The molecule has 2 aromatic rings. The van der Waals surface area contributed by atoms with Crippen LogP contribution in [-0.2, 0) is 11.2 Å². The average Bonchev–Trinajstić information content (AvgIpc) is 2.58. The summed E-state index contributed by atoms with van der Waals surface area (Å²) in [6.45, 7) is 0. The Morgan fingerprint density at radius 2 is 2.16 bits per heavy atom. The molecule has 0 radical (unpaired) electrons. The second-order valence-electron chi connectivity index (χ2n) is 5.28. The Labute approximate surface area is 152 Å². The fraction of sp³-hybridized carbons (Fsp3) is 0.312. The van der Waals surface area contributed by atoms with Gasteiger partial charge in [-0.2, -0.15) is 0 Å². The number of primary amides is 1. The number of hydrogen-bond acceptors (Lipinski definition) is 6. The van der Waals surface area contributed by atoms with Crippen LogP contribution in [0.3, 0.4) is 0 Å². The molecule has 2 aromatic heterocycles. The number of aliphatic carboxylic acids is 1. The molecule has 0 fully saturated rings. The van der Waals surface area contributed by atoms with E-state index in [2.05, 4.69) is 30.9 Å². The standard InChI is InChI=1S/C16H17BrN4O4/c1-25-12-7-9(5-6-19-12)3-2-4-10(16(23)24)13-14(15(18)22)20-8-11(17)21-13/h5-8,10H,2-4H2,1H3,(H2,18,22)(H,23,24). The molecule has 2 heterocycles. The van der Waals surface area contributed by atoms with Crippen LogP contribution in [0.2, 0.25) is 0 Å². The van der Waals surface area contributed by atoms with Crippen LogP contribution in [0.15, 0.2) is 29.1 Å². The maximum Gasteiger partial charge on any atom is 0.312 e. The molecular formula is C16H17BrN4O4. The van der Waals surface area contributed by atoms with E-state index < -0.39 is 17.8 Å². The highest BCUT2D eigenvalue weighted by molar-refractivity contribution is 9.10. The Balaban J connectivity index is 2.15. The first-order valence-corrected chi connectivity index (χ1v) is 8.25. The maximum absolute atomic E-state index is 11.7. The van der Waals surface area contributed by atoms with E-state index in [4.69, 9.17) is 10.5 Å². The molecule has 0 spiro atoms. The number of hydrogen-bond donors (Lipinski definition) is 2. The molecule has 0 saturated carbocycles. The van der Waals surface area contributed by atoms with Gasteiger partial charge in [0.05, 0.1) is 19.0 Å². The van der Waals surface area contributed by atoms with Crippen LogP contribution in [0.25, 0.3) is 0 Å². The van der Waals surface area contributed by atoms with Gasteiger partial charge in [0.2, 0.25) is 5.88 Å². The zero-order valence-corrected chi connectivity index (χ0v) is 15.1. The highest BCUT2D eigenvalue weighted by Gasteiger charge is 2.27. The van der Waals surface area contributed by atoms with Gasteiger partial charge in [0.1, 0.15) is 16.2 Å². The van der Waals surface area contributed by atoms with Crippen molar-refractivity contribution in [2.75, 3.05) is 7.11 Å². The minimum Gasteiger partial charge on any atom is -0.481 e. The third-order valence-corrected chi connectivity index (χ3v) is 3.98. The highest BCUT2D eigenvalue weighted by atomic mass is 79.9. The summed E-state index contributed by atoms with van der Waals surface area (Å²) in [5, 5.41) is 9.54. The van der Waals surface area contributed by atoms with Gasteiger partial charge in [-0.05, 0) is 46.8 Å². The number of carbonyl (C=O) groups is 2. The minimum atomic E-state index is -1.08. The van der Waals surface area contributed by atoms with Crippen molar-refractivity contribution in [3.63, 3.8) is 0 Å². The zero-order valence-electron chi connectivity index (χ0n) is 13.5. The number of rotatable bonds is 8. The summed E-state index contributed by atoms with van der Waals surface area (Å²) in [6.07, 6.45) is 4.43. The molecule has 1 unspecified atom stereocenters. The lowest BCUT2D eigenvalue weighted by Crippen LogP contribution is -2.22. The smallest absolute Gasteiger partial charge is 0.312 e. The monoisotopic (exact) mass is 408 g/mol. The molecule has 132 valence electrons. The van der Waals surface area contributed by atoms with Crippen LogP contribution in [0.1, 0.15) is 40.5 Å². The lowest BCUT2D eigenvalue weighted by atomic mass is 9.95. The number of nitrogens with zero attached hydrogens (tertiary/aromatic N) is 3. The lowest BCUT2D eigenvalue weighted by molar-refractivity contribution is -0.139. The second kappa shape index (κ2) is 8.52. The third kappa shape index (κ3) is 4.96. The Bertz CT molecular complexity index is 784. The van der Waals surface area contributed by atoms with Crippen molar-refractivity contribution >= 4 is 27.8 Å². The molecule has 2 rings (SSSR count). The van der Waals surface area contributed by atoms with E-state index >= 15 is 0 Å². The Morgan fingerprint density at radius 3 is 2.80 bits per heavy atom. The van der Waals surface area contributed by atoms with Crippen molar-refractivity contribution in [1.29, 1.82) is 0 Å². The summed E-state index contributed by atoms with van der Waals surface area (Å²) >= 11 is 3.14. The van der Waals surface area contributed by atoms with Crippen LogP contribution < -0.4 is 10.5 Å². The molecular weight excluding hydrogens is 392 g/mol. The van der Waals surface area contributed by atoms with Crippen molar-refractivity contribution in [2.45, 2.75) is 25.2 Å². The fourth-order valence-electron chi connectivity index (χ4n) is 2.42. The maximum atomic E-state index is 11.7. The Hall–Kier alpha value is -2.55. The Kier molecular flexibility index (Phi) is 6.40. The number of carboxylic acids is 1. The topological polar surface area (TPSA) is 128 Å². The number of aromatic nitrogens is 3. The van der Waals surface area contributed by atoms with Gasteiger partial charge in [0, 0.05) is 12.3 Å². The summed E-state index contributed by atoms with van der Waals surface area (Å²) in [7, 11) is 1.53. The molecule has 0 saturated heterocycles. The number of carboxylic acid groups (broad SMARTS) is 1. The van der Waals surface area contributed by atoms with E-state index in [1.807, 2.05) is 6.07 Å². The molecule has 3 N–H and O–H groups in total. The summed E-state index contributed by atoms with van der Waals surface area (Å²) in [5.74, 6) is -2.36. The van der Waals surface area contributed by atoms with Crippen LogP contribution >= 0.6 is 15.9 Å². The molecule has 0 bridgehead atoms. The van der Waals surface area contributed by atoms with Gasteiger partial charge in [-0.25, -0.2) is 15.0 Å². The first-order chi connectivity index (χ1) is 11.9. The van der Waals surface area contributed by atoms with E-state index in [1.54, 1.807) is 12.3 Å². The number of nitrogens with two attached hydrogens (primary N) is 1. The van der Waals surface area contributed by atoms with E-state index in [0.29, 0.717) is 23.3 Å². The molecule has 0 aliphatic heterocycles. The molecule has 0 aliphatic carbocycles. The van der Waals surface area contributed by atoms with Gasteiger partial charge in [0.15, 0.2) is 0 Å². The minimum absolute atomic E-state index is 0.0710. The van der Waals surface area contributed by atoms with Crippen LogP contribution in [0.4, 0.5) is 0 Å². The predicted molar refractivity (Wildman–Crippen MR) is 92.4 cm³/mol. The molecule has 1 atom stereocenters. The lowest BCUT2D eigenvalue weighted by Gasteiger charge is -2.14. The number of methoxy groups -OCH3 is 1. The first kappa shape index (κ1) is 18.8. The fourth-order valence-corrected chi connectivity index (χ4v) is 2.71. The van der Waals surface area contributed by atoms with Gasteiger partial charge in [-0.3, -0.25) is 9.59 Å². The van der Waals surface area contributed by atoms with Gasteiger partial charge in [-0.15, -0.1) is 0 Å². The number of halogens is 1. The number of pyridine rings is 1. The van der Waals surface area contributed by atoms with Crippen LogP contribution in [0.5, 0.6) is 5.88 Å². The number of ether oxygens (including phenoxy) is 1. The average molecular weight is 409 g/mol. The normalized spacial score (nSPS) is 11.8. The molecule has 0 aliphatic rings. The van der Waals surface area contributed by atoms with E-state index in [0.717, 1.165) is 5.56 Å². The van der Waals surface area contributed by atoms with Gasteiger partial charge < -0.3 is 15.6 Å². The number of aryl methyl sites for hydroxylation is 1. The summed E-state index contributed by atoms with van der Waals surface area (Å²) in [4.78, 5) is 35.2. The number of amides is 1. The van der Waals surface area contributed by atoms with Crippen molar-refractivity contribution in [3.8, 4) is 5.88 Å². The number of carbonyl (C=O) groups excluding carboxylic acids is 1. The van der Waals surface area contributed by atoms with Crippen molar-refractivity contribution in [3.05, 3.63) is 46.1 Å². The van der Waals surface area contributed by atoms with Gasteiger partial charge >= 0.3 is 5.97 Å². The molecule has 0 aromatic carbocycles. The van der Waals surface area contributed by atoms with Crippen molar-refractivity contribution in [1.82, 2.24) is 15.0 Å². The van der Waals surface area contributed by atoms with Gasteiger partial charge in [-0.1, -0.05) is 0 Å². The predicted octanol–water partition coefficient (Wildman–Crippen LogP) is 1.93. The quantitative estimate of drug-likeness (QED) is 0.682.